The maximum absolute atomic E-state index is 12.6. The van der Waals surface area contributed by atoms with Gasteiger partial charge < -0.3 is 74.1 Å². The summed E-state index contributed by atoms with van der Waals surface area (Å²) in [6, 6.07) is 0. The third kappa shape index (κ3) is 17.0. The summed E-state index contributed by atoms with van der Waals surface area (Å²) in [6.45, 7) is 2.10. The first-order chi connectivity index (χ1) is 27.9. The molecule has 2 amide bonds. The van der Waals surface area contributed by atoms with Crippen molar-refractivity contribution in [2.75, 3.05) is 37.8 Å². The summed E-state index contributed by atoms with van der Waals surface area (Å²) in [7, 11) is -17.6. The molecule has 3 rings (SSSR count). The number of nitrogens with zero attached hydrogens (tertiary/aromatic N) is 4. The van der Waals surface area contributed by atoms with Gasteiger partial charge in [-0.15, -0.1) is 0 Å². The zero-order valence-electron chi connectivity index (χ0n) is 32.9. The van der Waals surface area contributed by atoms with Crippen LogP contribution in [0.1, 0.15) is 78.4 Å². The number of thioether (sulfide) groups is 1. The minimum Gasteiger partial charge on any atom is -0.790 e. The van der Waals surface area contributed by atoms with Crippen LogP contribution in [0.2, 0.25) is 0 Å². The molecular formula is C31H50N7O18P3S-4. The molecule has 2 aromatic heterocycles. The fourth-order valence-electron chi connectivity index (χ4n) is 5.61. The zero-order valence-corrected chi connectivity index (χ0v) is 36.4. The Balaban J connectivity index is 1.42. The summed E-state index contributed by atoms with van der Waals surface area (Å²) in [6.07, 6.45) is -2.65. The van der Waals surface area contributed by atoms with E-state index in [-0.39, 0.29) is 53.8 Å². The van der Waals surface area contributed by atoms with Crippen LogP contribution in [0.25, 0.3) is 11.2 Å². The number of carbonyl (C=O) groups excluding carboxylic acids is 3. The molecule has 2 aromatic rings. The fraction of sp³-hybridized carbons (Fsp3) is 0.742. The molecule has 25 nitrogen and oxygen atoms in total. The molecule has 8 atom stereocenters. The van der Waals surface area contributed by atoms with Crippen LogP contribution in [-0.4, -0.2) is 114 Å². The Kier molecular flexibility index (Phi) is 20.1. The van der Waals surface area contributed by atoms with Gasteiger partial charge in [-0.25, -0.2) is 19.3 Å². The van der Waals surface area contributed by atoms with Gasteiger partial charge in [-0.1, -0.05) is 64.6 Å². The molecule has 1 aliphatic heterocycles. The average Bonchev–Trinajstić information content (AvgIpc) is 3.71. The number of aromatic nitrogens is 4. The quantitative estimate of drug-likeness (QED) is 0.0427. The van der Waals surface area contributed by atoms with Crippen LogP contribution >= 0.6 is 35.2 Å². The van der Waals surface area contributed by atoms with Crippen molar-refractivity contribution in [1.82, 2.24) is 30.2 Å². The number of imidazole rings is 1. The van der Waals surface area contributed by atoms with Gasteiger partial charge in [0, 0.05) is 37.1 Å². The molecule has 0 aromatic carbocycles. The number of anilines is 1. The Morgan fingerprint density at radius 1 is 1.02 bits per heavy atom. The van der Waals surface area contributed by atoms with E-state index in [1.165, 1.54) is 13.8 Å². The van der Waals surface area contributed by atoms with Gasteiger partial charge in [0.25, 0.3) is 15.6 Å². The number of aliphatic hydroxyl groups excluding tert-OH is 3. The molecule has 7 N–H and O–H groups in total. The van der Waals surface area contributed by atoms with Crippen LogP contribution in [-0.2, 0) is 50.7 Å². The van der Waals surface area contributed by atoms with Crippen LogP contribution in [0.15, 0.2) is 12.7 Å². The lowest BCUT2D eigenvalue weighted by Crippen LogP contribution is -2.46. The van der Waals surface area contributed by atoms with E-state index >= 15 is 0 Å². The van der Waals surface area contributed by atoms with Crippen LogP contribution < -0.4 is 35.9 Å². The van der Waals surface area contributed by atoms with E-state index < -0.39 is 90.7 Å². The summed E-state index contributed by atoms with van der Waals surface area (Å²) in [5, 5.41) is 36.1. The molecule has 1 fully saturated rings. The Labute approximate surface area is 348 Å². The van der Waals surface area contributed by atoms with Gasteiger partial charge >= 0.3 is 0 Å². The first kappa shape index (κ1) is 51.9. The van der Waals surface area contributed by atoms with E-state index in [2.05, 4.69) is 50.4 Å². The first-order valence-corrected chi connectivity index (χ1v) is 24.0. The number of unbranched alkanes of at least 4 members (excludes halogenated alkanes) is 4. The highest BCUT2D eigenvalue weighted by Crippen LogP contribution is 2.56. The minimum atomic E-state index is -5.92. The second-order valence-corrected chi connectivity index (χ2v) is 19.5. The number of aliphatic hydroxyl groups is 3. The molecule has 60 heavy (non-hydrogen) atoms. The number of hydrogen-bond donors (Lipinski definition) is 6. The van der Waals surface area contributed by atoms with E-state index in [0.717, 1.165) is 61.1 Å². The van der Waals surface area contributed by atoms with Gasteiger partial charge in [-0.3, -0.25) is 28.1 Å². The average molecular weight is 934 g/mol. The Bertz CT molecular complexity index is 1890. The monoisotopic (exact) mass is 933 g/mol. The second kappa shape index (κ2) is 23.3. The molecule has 0 radical (unpaired) electrons. The number of nitrogens with two attached hydrogens (primary N) is 1. The predicted molar refractivity (Wildman–Crippen MR) is 202 cm³/mol. The van der Waals surface area contributed by atoms with E-state index in [9.17, 15) is 63.0 Å². The number of phosphoric ester groups is 3. The molecule has 1 aliphatic rings. The van der Waals surface area contributed by atoms with Crippen LogP contribution in [0.4, 0.5) is 5.82 Å². The van der Waals surface area contributed by atoms with Crippen molar-refractivity contribution in [3.63, 3.8) is 0 Å². The number of fused-ring (bicyclic) bond motifs is 1. The summed E-state index contributed by atoms with van der Waals surface area (Å²) < 4.78 is 60.6. The summed E-state index contributed by atoms with van der Waals surface area (Å²) in [5.74, 6) is -1.33. The molecule has 342 valence electrons. The van der Waals surface area contributed by atoms with Crippen molar-refractivity contribution in [3.05, 3.63) is 12.7 Å². The molecule has 0 spiro atoms. The maximum Gasteiger partial charge on any atom is 0.274 e. The highest BCUT2D eigenvalue weighted by Gasteiger charge is 2.47. The van der Waals surface area contributed by atoms with E-state index in [0.29, 0.717) is 6.42 Å². The molecule has 0 aliphatic carbocycles. The number of ether oxygens (including phenoxy) is 1. The number of rotatable bonds is 27. The van der Waals surface area contributed by atoms with Gasteiger partial charge in [-0.2, -0.15) is 0 Å². The number of phosphoric acid groups is 3. The van der Waals surface area contributed by atoms with E-state index in [1.54, 1.807) is 0 Å². The van der Waals surface area contributed by atoms with Crippen molar-refractivity contribution in [2.24, 2.45) is 5.41 Å². The van der Waals surface area contributed by atoms with Crippen LogP contribution in [0.5, 0.6) is 0 Å². The fourth-order valence-corrected chi connectivity index (χ4v) is 9.09. The van der Waals surface area contributed by atoms with E-state index in [1.807, 2.05) is 0 Å². The highest BCUT2D eigenvalue weighted by atomic mass is 32.2. The largest absolute Gasteiger partial charge is 0.790 e. The molecule has 1 saturated heterocycles. The number of nitrogen functional groups attached to an aromatic ring is 1. The number of nitrogens with one attached hydrogen (secondary N) is 2. The molecular weight excluding hydrogens is 883 g/mol. The highest BCUT2D eigenvalue weighted by molar-refractivity contribution is 8.13. The van der Waals surface area contributed by atoms with Crippen molar-refractivity contribution in [1.29, 1.82) is 0 Å². The Hall–Kier alpha value is -2.48. The number of carbonyl (C=O) groups is 3. The lowest BCUT2D eigenvalue weighted by atomic mass is 9.87. The third-order valence-corrected chi connectivity index (χ3v) is 12.7. The van der Waals surface area contributed by atoms with Crippen molar-refractivity contribution in [3.8, 4) is 0 Å². The summed E-state index contributed by atoms with van der Waals surface area (Å²) in [4.78, 5) is 96.3. The summed E-state index contributed by atoms with van der Waals surface area (Å²) >= 11 is 0.974. The number of amides is 2. The first-order valence-electron chi connectivity index (χ1n) is 18.6. The van der Waals surface area contributed by atoms with E-state index in [4.69, 9.17) is 10.5 Å². The molecule has 0 saturated carbocycles. The van der Waals surface area contributed by atoms with Gasteiger partial charge in [0.1, 0.15) is 36.3 Å². The number of hydrogen-bond acceptors (Lipinski definition) is 23. The maximum atomic E-state index is 12.6. The predicted octanol–water partition coefficient (Wildman–Crippen LogP) is -1.75. The Morgan fingerprint density at radius 3 is 2.38 bits per heavy atom. The van der Waals surface area contributed by atoms with Gasteiger partial charge in [0.05, 0.1) is 33.5 Å². The molecule has 3 unspecified atom stereocenters. The SMILES string of the molecule is CCCCCCCC(O)CC(=O)SCCNC(=O)CCNC(=O)[C@H](O)C(C)(C)COP(=O)([O-])OP(=O)([O-])OC[C@H]1O[C@@H](n2cnc3c(N)ncnc32)[C@H](O)[C@@H]1OP(=O)([O-])[O-]. The zero-order chi connectivity index (χ0) is 44.9. The lowest BCUT2D eigenvalue weighted by molar-refractivity contribution is -0.347. The van der Waals surface area contributed by atoms with Crippen molar-refractivity contribution in [2.45, 2.75) is 109 Å². The summed E-state index contributed by atoms with van der Waals surface area (Å²) in [5.41, 5.74) is 4.05. The normalized spacial score (nSPS) is 21.6. The standard InChI is InChI=1S/C31H54N7O18P3S/c1-4-5-6-7-8-9-19(39)14-22(41)60-13-12-33-21(40)10-11-34-29(44)26(43)31(2,3)16-53-59(50,51)56-58(48,49)52-15-20-25(55-57(45,46)47)24(42)30(54-20)38-18-37-23-27(32)35-17-36-28(23)38/h17-20,24-26,30,39,42-43H,4-16H2,1-3H3,(H,33,40)(H,34,44)(H,48,49)(H,50,51)(H2,32,35,36)(H2,45,46,47)/p-4/t19?,20-,24-,25-,26+,30-/m1/s1. The van der Waals surface area contributed by atoms with Crippen LogP contribution in [0.3, 0.4) is 0 Å². The Morgan fingerprint density at radius 2 is 1.70 bits per heavy atom. The second-order valence-electron chi connectivity index (χ2n) is 14.3. The molecule has 0 bridgehead atoms. The van der Waals surface area contributed by atoms with Crippen molar-refractivity contribution < 1.29 is 85.6 Å². The van der Waals surface area contributed by atoms with Crippen LogP contribution in [0, 0.1) is 5.41 Å². The van der Waals surface area contributed by atoms with Crippen molar-refractivity contribution >= 4 is 69.1 Å². The minimum absolute atomic E-state index is 0.0127. The van der Waals surface area contributed by atoms with Gasteiger partial charge in [-0.05, 0) is 6.42 Å². The van der Waals surface area contributed by atoms with Gasteiger partial charge in [0.15, 0.2) is 22.8 Å². The molecule has 29 heteroatoms. The third-order valence-electron chi connectivity index (χ3n) is 8.78. The topological polar surface area (TPSA) is 395 Å². The van der Waals surface area contributed by atoms with Gasteiger partial charge in [0.2, 0.25) is 11.8 Å². The smallest absolute Gasteiger partial charge is 0.274 e. The molecule has 3 heterocycles. The lowest BCUT2D eigenvalue weighted by Gasteiger charge is -2.36.